The third kappa shape index (κ3) is 2.02. The Bertz CT molecular complexity index is 997. The van der Waals surface area contributed by atoms with Crippen molar-refractivity contribution in [1.29, 1.82) is 0 Å². The van der Waals surface area contributed by atoms with Gasteiger partial charge in [0.15, 0.2) is 5.65 Å². The van der Waals surface area contributed by atoms with Gasteiger partial charge in [-0.1, -0.05) is 11.2 Å². The molecule has 0 N–H and O–H groups in total. The minimum absolute atomic E-state index is 0.176. The van der Waals surface area contributed by atoms with Crippen molar-refractivity contribution >= 4 is 22.4 Å². The highest BCUT2D eigenvalue weighted by Crippen LogP contribution is 2.21. The van der Waals surface area contributed by atoms with E-state index in [1.54, 1.807) is 11.7 Å². The minimum Gasteiger partial charge on any atom is -0.337 e. The van der Waals surface area contributed by atoms with Crippen LogP contribution in [0.3, 0.4) is 0 Å². The van der Waals surface area contributed by atoms with Crippen LogP contribution in [0.25, 0.3) is 21.7 Å². The second kappa shape index (κ2) is 4.88. The van der Waals surface area contributed by atoms with Gasteiger partial charge in [0.05, 0.1) is 11.1 Å². The molecule has 110 valence electrons. The van der Waals surface area contributed by atoms with Crippen molar-refractivity contribution in [2.24, 2.45) is 7.05 Å². The summed E-state index contributed by atoms with van der Waals surface area (Å²) in [6.45, 7) is 0.176. The van der Waals surface area contributed by atoms with Gasteiger partial charge in [-0.15, -0.1) is 11.3 Å². The van der Waals surface area contributed by atoms with Crippen LogP contribution in [0.5, 0.6) is 0 Å². The Morgan fingerprint density at radius 2 is 2.32 bits per heavy atom. The third-order valence-corrected chi connectivity index (χ3v) is 4.10. The van der Waals surface area contributed by atoms with E-state index in [2.05, 4.69) is 20.2 Å². The molecule has 0 saturated carbocycles. The highest BCUT2D eigenvalue weighted by atomic mass is 32.1. The predicted molar refractivity (Wildman–Crippen MR) is 79.5 cm³/mol. The number of thiophene rings is 1. The van der Waals surface area contributed by atoms with Gasteiger partial charge < -0.3 is 4.52 Å². The van der Waals surface area contributed by atoms with E-state index in [4.69, 9.17) is 4.52 Å². The van der Waals surface area contributed by atoms with Crippen molar-refractivity contribution in [3.63, 3.8) is 0 Å². The molecule has 0 saturated heterocycles. The molecule has 4 aromatic rings. The van der Waals surface area contributed by atoms with E-state index in [-0.39, 0.29) is 12.1 Å². The van der Waals surface area contributed by atoms with Crippen LogP contribution in [0.2, 0.25) is 0 Å². The molecule has 0 aromatic carbocycles. The largest absolute Gasteiger partial charge is 0.337 e. The summed E-state index contributed by atoms with van der Waals surface area (Å²) in [4.78, 5) is 21.8. The van der Waals surface area contributed by atoms with Gasteiger partial charge >= 0.3 is 0 Å². The lowest BCUT2D eigenvalue weighted by Crippen LogP contribution is -2.21. The molecule has 8 nitrogen and oxygen atoms in total. The highest BCUT2D eigenvalue weighted by Gasteiger charge is 2.13. The topological polar surface area (TPSA) is 91.6 Å². The number of nitrogens with zero attached hydrogens (tertiary/aromatic N) is 6. The van der Waals surface area contributed by atoms with Crippen LogP contribution in [0, 0.1) is 0 Å². The van der Waals surface area contributed by atoms with Gasteiger partial charge in [0.2, 0.25) is 11.7 Å². The van der Waals surface area contributed by atoms with Gasteiger partial charge in [0.1, 0.15) is 18.3 Å². The Kier molecular flexibility index (Phi) is 2.86. The molecule has 0 fully saturated rings. The van der Waals surface area contributed by atoms with E-state index >= 15 is 0 Å². The fraction of sp³-hybridized carbons (Fsp3) is 0.154. The normalized spacial score (nSPS) is 11.3. The zero-order chi connectivity index (χ0) is 15.1. The number of hydrogen-bond donors (Lipinski definition) is 0. The first-order chi connectivity index (χ1) is 10.7. The molecule has 0 atom stereocenters. The molecule has 0 aliphatic heterocycles. The maximum absolute atomic E-state index is 12.4. The monoisotopic (exact) mass is 314 g/mol. The Hall–Kier alpha value is -2.81. The first-order valence-electron chi connectivity index (χ1n) is 6.46. The van der Waals surface area contributed by atoms with Crippen LogP contribution in [0.15, 0.2) is 39.4 Å². The van der Waals surface area contributed by atoms with Gasteiger partial charge in [-0.2, -0.15) is 10.1 Å². The molecule has 4 aromatic heterocycles. The molecule has 0 bridgehead atoms. The summed E-state index contributed by atoms with van der Waals surface area (Å²) in [6.07, 6.45) is 2.97. The lowest BCUT2D eigenvalue weighted by molar-refractivity contribution is 0.370. The second-order valence-electron chi connectivity index (χ2n) is 4.67. The van der Waals surface area contributed by atoms with E-state index < -0.39 is 0 Å². The van der Waals surface area contributed by atoms with Crippen molar-refractivity contribution in [2.45, 2.75) is 6.54 Å². The quantitative estimate of drug-likeness (QED) is 0.566. The van der Waals surface area contributed by atoms with Gasteiger partial charge in [0, 0.05) is 7.05 Å². The third-order valence-electron chi connectivity index (χ3n) is 3.23. The Morgan fingerprint density at radius 1 is 1.41 bits per heavy atom. The fourth-order valence-corrected chi connectivity index (χ4v) is 2.80. The molecule has 0 aliphatic rings. The van der Waals surface area contributed by atoms with E-state index in [1.165, 1.54) is 28.4 Å². The highest BCUT2D eigenvalue weighted by molar-refractivity contribution is 7.13. The molecule has 0 aliphatic carbocycles. The zero-order valence-corrected chi connectivity index (χ0v) is 12.3. The number of aromatic nitrogens is 6. The first kappa shape index (κ1) is 12.9. The van der Waals surface area contributed by atoms with E-state index in [0.717, 1.165) is 4.88 Å². The van der Waals surface area contributed by atoms with Crippen molar-refractivity contribution in [3.8, 4) is 10.7 Å². The maximum Gasteiger partial charge on any atom is 0.264 e. The number of fused-ring (bicyclic) bond motifs is 1. The fourth-order valence-electron chi connectivity index (χ4n) is 2.15. The summed E-state index contributed by atoms with van der Waals surface area (Å²) in [5, 5.41) is 10.4. The van der Waals surface area contributed by atoms with Crippen molar-refractivity contribution in [1.82, 2.24) is 29.5 Å². The van der Waals surface area contributed by atoms with Gasteiger partial charge in [0.25, 0.3) is 5.56 Å². The number of aryl methyl sites for hydroxylation is 1. The summed E-state index contributed by atoms with van der Waals surface area (Å²) in [6, 6.07) is 3.83. The molecule has 0 unspecified atom stereocenters. The zero-order valence-electron chi connectivity index (χ0n) is 11.5. The average Bonchev–Trinajstić information content (AvgIpc) is 3.23. The van der Waals surface area contributed by atoms with Crippen LogP contribution >= 0.6 is 11.3 Å². The van der Waals surface area contributed by atoms with Gasteiger partial charge in [-0.05, 0) is 11.4 Å². The number of hydrogen-bond acceptors (Lipinski definition) is 7. The van der Waals surface area contributed by atoms with Crippen molar-refractivity contribution in [2.75, 3.05) is 0 Å². The average molecular weight is 314 g/mol. The summed E-state index contributed by atoms with van der Waals surface area (Å²) < 4.78 is 8.19. The molecule has 4 rings (SSSR count). The van der Waals surface area contributed by atoms with Crippen LogP contribution in [0.1, 0.15) is 5.89 Å². The lowest BCUT2D eigenvalue weighted by Gasteiger charge is -2.01. The standard InChI is InChI=1S/C13H10N6O2S/c1-18-12-8(5-15-18)13(20)19(7-14-12)6-10-16-11(17-21-10)9-3-2-4-22-9/h2-5,7H,6H2,1H3. The Morgan fingerprint density at radius 3 is 3.14 bits per heavy atom. The Balaban J connectivity index is 1.69. The SMILES string of the molecule is Cn1ncc2c(=O)n(Cc3nc(-c4cccs4)no3)cnc21. The van der Waals surface area contributed by atoms with Crippen molar-refractivity contribution in [3.05, 3.63) is 46.3 Å². The summed E-state index contributed by atoms with van der Waals surface area (Å²) in [5.74, 6) is 0.879. The summed E-state index contributed by atoms with van der Waals surface area (Å²) >= 11 is 1.53. The van der Waals surface area contributed by atoms with Gasteiger partial charge in [-0.25, -0.2) is 4.98 Å². The molecule has 0 spiro atoms. The molecular formula is C13H10N6O2S. The van der Waals surface area contributed by atoms with Crippen molar-refractivity contribution < 1.29 is 4.52 Å². The van der Waals surface area contributed by atoms with E-state index in [9.17, 15) is 4.79 Å². The number of rotatable bonds is 3. The summed E-state index contributed by atoms with van der Waals surface area (Å²) in [5.41, 5.74) is 0.361. The molecule has 0 amide bonds. The van der Waals surface area contributed by atoms with Crippen LogP contribution in [-0.2, 0) is 13.6 Å². The molecular weight excluding hydrogens is 304 g/mol. The van der Waals surface area contributed by atoms with E-state index in [0.29, 0.717) is 22.7 Å². The molecule has 4 heterocycles. The molecule has 0 radical (unpaired) electrons. The van der Waals surface area contributed by atoms with E-state index in [1.807, 2.05) is 17.5 Å². The molecule has 22 heavy (non-hydrogen) atoms. The maximum atomic E-state index is 12.4. The second-order valence-corrected chi connectivity index (χ2v) is 5.62. The summed E-state index contributed by atoms with van der Waals surface area (Å²) in [7, 11) is 1.74. The Labute approximate surface area is 127 Å². The van der Waals surface area contributed by atoms with Crippen LogP contribution in [0.4, 0.5) is 0 Å². The molecule has 9 heteroatoms. The first-order valence-corrected chi connectivity index (χ1v) is 7.34. The predicted octanol–water partition coefficient (Wildman–Crippen LogP) is 1.29. The minimum atomic E-state index is -0.186. The van der Waals surface area contributed by atoms with Crippen LogP contribution in [-0.4, -0.2) is 29.5 Å². The smallest absolute Gasteiger partial charge is 0.264 e. The van der Waals surface area contributed by atoms with Gasteiger partial charge in [-0.3, -0.25) is 14.0 Å². The van der Waals surface area contributed by atoms with Crippen LogP contribution < -0.4 is 5.56 Å². The lowest BCUT2D eigenvalue weighted by atomic mass is 10.4.